The van der Waals surface area contributed by atoms with Crippen molar-refractivity contribution in [3.8, 4) is 0 Å². The first-order chi connectivity index (χ1) is 9.84. The molecule has 2 aromatic heterocycles. The second-order valence-electron chi connectivity index (χ2n) is 4.32. The SMILES string of the molecule is Cn1ncc2c(NCCSc3ccccc3)ncnc21. The lowest BCUT2D eigenvalue weighted by Gasteiger charge is -2.06. The van der Waals surface area contributed by atoms with Gasteiger partial charge in [-0.2, -0.15) is 5.10 Å². The number of hydrogen-bond donors (Lipinski definition) is 1. The summed E-state index contributed by atoms with van der Waals surface area (Å²) in [7, 11) is 1.88. The van der Waals surface area contributed by atoms with Gasteiger partial charge in [0.25, 0.3) is 0 Å². The average Bonchev–Trinajstić information content (AvgIpc) is 2.87. The number of hydrogen-bond acceptors (Lipinski definition) is 5. The van der Waals surface area contributed by atoms with E-state index in [2.05, 4.69) is 44.6 Å². The summed E-state index contributed by atoms with van der Waals surface area (Å²) in [6.45, 7) is 0.848. The maximum absolute atomic E-state index is 4.28. The molecule has 0 atom stereocenters. The number of thioether (sulfide) groups is 1. The zero-order valence-corrected chi connectivity index (χ0v) is 12.0. The van der Waals surface area contributed by atoms with E-state index in [0.29, 0.717) is 0 Å². The van der Waals surface area contributed by atoms with Crippen LogP contribution < -0.4 is 5.32 Å². The summed E-state index contributed by atoms with van der Waals surface area (Å²) >= 11 is 1.82. The third-order valence-corrected chi connectivity index (χ3v) is 3.95. The molecule has 0 aliphatic carbocycles. The normalized spacial score (nSPS) is 10.8. The highest BCUT2D eigenvalue weighted by atomic mass is 32.2. The molecule has 20 heavy (non-hydrogen) atoms. The first-order valence-electron chi connectivity index (χ1n) is 6.39. The van der Waals surface area contributed by atoms with Crippen LogP contribution in [-0.2, 0) is 7.05 Å². The van der Waals surface area contributed by atoms with E-state index in [9.17, 15) is 0 Å². The standard InChI is InChI=1S/C14H15N5S/c1-19-14-12(9-18-19)13(16-10-17-14)15-7-8-20-11-5-3-2-4-6-11/h2-6,9-10H,7-8H2,1H3,(H,15,16,17). The maximum Gasteiger partial charge on any atom is 0.163 e. The Morgan fingerprint density at radius 2 is 2.05 bits per heavy atom. The van der Waals surface area contributed by atoms with E-state index >= 15 is 0 Å². The van der Waals surface area contributed by atoms with Crippen molar-refractivity contribution in [2.75, 3.05) is 17.6 Å². The van der Waals surface area contributed by atoms with Gasteiger partial charge in [0.05, 0.1) is 11.6 Å². The third-order valence-electron chi connectivity index (χ3n) is 2.94. The molecule has 1 N–H and O–H groups in total. The monoisotopic (exact) mass is 285 g/mol. The minimum atomic E-state index is 0.844. The fourth-order valence-electron chi connectivity index (χ4n) is 1.96. The van der Waals surface area contributed by atoms with Gasteiger partial charge in [-0.05, 0) is 12.1 Å². The average molecular weight is 285 g/mol. The fraction of sp³-hybridized carbons (Fsp3) is 0.214. The third kappa shape index (κ3) is 2.75. The number of nitrogens with one attached hydrogen (secondary N) is 1. The summed E-state index contributed by atoms with van der Waals surface area (Å²) in [5.74, 6) is 1.83. The topological polar surface area (TPSA) is 55.6 Å². The Balaban J connectivity index is 1.60. The van der Waals surface area contributed by atoms with Gasteiger partial charge >= 0.3 is 0 Å². The molecule has 102 valence electrons. The van der Waals surface area contributed by atoms with Crippen LogP contribution >= 0.6 is 11.8 Å². The smallest absolute Gasteiger partial charge is 0.163 e. The Bertz CT molecular complexity index is 695. The molecule has 5 nitrogen and oxygen atoms in total. The van der Waals surface area contributed by atoms with Crippen LogP contribution in [0.3, 0.4) is 0 Å². The van der Waals surface area contributed by atoms with Crippen molar-refractivity contribution in [3.63, 3.8) is 0 Å². The molecule has 0 unspecified atom stereocenters. The minimum absolute atomic E-state index is 0.844. The summed E-state index contributed by atoms with van der Waals surface area (Å²) in [5, 5.41) is 8.51. The van der Waals surface area contributed by atoms with Crippen LogP contribution in [0, 0.1) is 0 Å². The molecule has 0 amide bonds. The molecule has 0 aliphatic rings. The van der Waals surface area contributed by atoms with Crippen molar-refractivity contribution in [3.05, 3.63) is 42.9 Å². The molecular weight excluding hydrogens is 270 g/mol. The van der Waals surface area contributed by atoms with Crippen molar-refractivity contribution in [2.45, 2.75) is 4.90 Å². The van der Waals surface area contributed by atoms with E-state index in [0.717, 1.165) is 29.1 Å². The highest BCUT2D eigenvalue weighted by molar-refractivity contribution is 7.99. The van der Waals surface area contributed by atoms with Crippen LogP contribution in [0.1, 0.15) is 0 Å². The molecule has 0 radical (unpaired) electrons. The predicted octanol–water partition coefficient (Wildman–Crippen LogP) is 2.57. The van der Waals surface area contributed by atoms with Gasteiger partial charge in [-0.15, -0.1) is 11.8 Å². The minimum Gasteiger partial charge on any atom is -0.369 e. The van der Waals surface area contributed by atoms with Crippen LogP contribution in [0.15, 0.2) is 47.8 Å². The van der Waals surface area contributed by atoms with E-state index in [-0.39, 0.29) is 0 Å². The van der Waals surface area contributed by atoms with Gasteiger partial charge in [0.15, 0.2) is 5.65 Å². The number of benzene rings is 1. The molecule has 0 saturated carbocycles. The van der Waals surface area contributed by atoms with Gasteiger partial charge in [0, 0.05) is 24.2 Å². The summed E-state index contributed by atoms with van der Waals surface area (Å²) < 4.78 is 1.75. The van der Waals surface area contributed by atoms with Crippen LogP contribution in [0.5, 0.6) is 0 Å². The second-order valence-corrected chi connectivity index (χ2v) is 5.48. The largest absolute Gasteiger partial charge is 0.369 e. The van der Waals surface area contributed by atoms with E-state index in [1.165, 1.54) is 4.90 Å². The lowest BCUT2D eigenvalue weighted by atomic mass is 10.4. The number of nitrogens with zero attached hydrogens (tertiary/aromatic N) is 4. The molecule has 3 aromatic rings. The lowest BCUT2D eigenvalue weighted by Crippen LogP contribution is -2.06. The number of rotatable bonds is 5. The number of aryl methyl sites for hydroxylation is 1. The Hall–Kier alpha value is -2.08. The van der Waals surface area contributed by atoms with Crippen molar-refractivity contribution in [1.29, 1.82) is 0 Å². The summed E-state index contributed by atoms with van der Waals surface area (Å²) in [4.78, 5) is 9.78. The summed E-state index contributed by atoms with van der Waals surface area (Å²) in [6, 6.07) is 10.4. The van der Waals surface area contributed by atoms with E-state index in [1.807, 2.05) is 24.9 Å². The Kier molecular flexibility index (Phi) is 3.83. The molecule has 2 heterocycles. The number of aromatic nitrogens is 4. The number of fused-ring (bicyclic) bond motifs is 1. The highest BCUT2D eigenvalue weighted by Gasteiger charge is 2.06. The van der Waals surface area contributed by atoms with Crippen molar-refractivity contribution in [2.24, 2.45) is 7.05 Å². The van der Waals surface area contributed by atoms with Crippen LogP contribution in [0.25, 0.3) is 11.0 Å². The maximum atomic E-state index is 4.28. The first kappa shape index (κ1) is 12.9. The van der Waals surface area contributed by atoms with Crippen LogP contribution in [0.4, 0.5) is 5.82 Å². The molecular formula is C14H15N5S. The number of anilines is 1. The molecule has 1 aromatic carbocycles. The van der Waals surface area contributed by atoms with Gasteiger partial charge in [0.2, 0.25) is 0 Å². The van der Waals surface area contributed by atoms with E-state index in [4.69, 9.17) is 0 Å². The summed E-state index contributed by atoms with van der Waals surface area (Å²) in [5.41, 5.74) is 0.846. The van der Waals surface area contributed by atoms with Gasteiger partial charge in [-0.3, -0.25) is 4.68 Å². The van der Waals surface area contributed by atoms with Crippen LogP contribution in [0.2, 0.25) is 0 Å². The summed E-state index contributed by atoms with van der Waals surface area (Å²) in [6.07, 6.45) is 3.36. The second kappa shape index (κ2) is 5.92. The van der Waals surface area contributed by atoms with Crippen molar-refractivity contribution >= 4 is 28.6 Å². The zero-order valence-electron chi connectivity index (χ0n) is 11.2. The molecule has 0 aliphatic heterocycles. The van der Waals surface area contributed by atoms with E-state index < -0.39 is 0 Å². The zero-order chi connectivity index (χ0) is 13.8. The van der Waals surface area contributed by atoms with Gasteiger partial charge in [-0.1, -0.05) is 18.2 Å². The van der Waals surface area contributed by atoms with Gasteiger partial charge in [-0.25, -0.2) is 9.97 Å². The fourth-order valence-corrected chi connectivity index (χ4v) is 2.75. The lowest BCUT2D eigenvalue weighted by molar-refractivity contribution is 0.785. The molecule has 0 saturated heterocycles. The molecule has 0 spiro atoms. The van der Waals surface area contributed by atoms with Crippen LogP contribution in [-0.4, -0.2) is 32.0 Å². The van der Waals surface area contributed by atoms with Crippen molar-refractivity contribution < 1.29 is 0 Å². The predicted molar refractivity (Wildman–Crippen MR) is 82.0 cm³/mol. The van der Waals surface area contributed by atoms with E-state index in [1.54, 1.807) is 17.2 Å². The molecule has 6 heteroatoms. The molecule has 0 fully saturated rings. The molecule has 0 bridgehead atoms. The van der Waals surface area contributed by atoms with Crippen molar-refractivity contribution in [1.82, 2.24) is 19.7 Å². The first-order valence-corrected chi connectivity index (χ1v) is 7.37. The van der Waals surface area contributed by atoms with Gasteiger partial charge in [0.1, 0.15) is 12.1 Å². The quantitative estimate of drug-likeness (QED) is 0.577. The molecule has 3 rings (SSSR count). The Morgan fingerprint density at radius 3 is 2.90 bits per heavy atom. The Labute approximate surface area is 121 Å². The Morgan fingerprint density at radius 1 is 1.20 bits per heavy atom. The van der Waals surface area contributed by atoms with Gasteiger partial charge < -0.3 is 5.32 Å². The highest BCUT2D eigenvalue weighted by Crippen LogP contribution is 2.19.